The van der Waals surface area contributed by atoms with Gasteiger partial charge in [0.1, 0.15) is 17.8 Å². The number of β-lactam (4-membered cyclic amide) rings is 1. The van der Waals surface area contributed by atoms with Crippen molar-refractivity contribution in [2.75, 3.05) is 10.8 Å². The Morgan fingerprint density at radius 3 is 2.73 bits per heavy atom. The van der Waals surface area contributed by atoms with E-state index in [-0.39, 0.29) is 22.0 Å². The van der Waals surface area contributed by atoms with Crippen molar-refractivity contribution in [3.63, 3.8) is 0 Å². The number of hydrogen-bond donors (Lipinski definition) is 1. The van der Waals surface area contributed by atoms with Crippen LogP contribution in [0.1, 0.15) is 12.5 Å². The molecular weight excluding hydrogens is 516 g/mol. The average molecular weight is 541 g/mol. The van der Waals surface area contributed by atoms with Crippen LogP contribution in [0.5, 0.6) is 0 Å². The summed E-state index contributed by atoms with van der Waals surface area (Å²) in [6.07, 6.45) is 5.65. The Morgan fingerprint density at radius 1 is 1.27 bits per heavy atom. The number of anilines is 1. The van der Waals surface area contributed by atoms with Gasteiger partial charge in [0.15, 0.2) is 0 Å². The fourth-order valence-corrected chi connectivity index (χ4v) is 8.78. The molecule has 1 aromatic heterocycles. The summed E-state index contributed by atoms with van der Waals surface area (Å²) in [5, 5.41) is 22.8. The van der Waals surface area contributed by atoms with E-state index in [9.17, 15) is 28.2 Å². The van der Waals surface area contributed by atoms with Crippen LogP contribution < -0.4 is 14.0 Å². The fourth-order valence-electron chi connectivity index (χ4n) is 5.44. The predicted octanol–water partition coefficient (Wildman–Crippen LogP) is 0.0908. The number of amides is 1. The van der Waals surface area contributed by atoms with E-state index in [1.165, 1.54) is 11.2 Å². The number of rotatable bonds is 7. The zero-order valence-electron chi connectivity index (χ0n) is 20.1. The van der Waals surface area contributed by atoms with E-state index in [2.05, 4.69) is 4.57 Å². The Hall–Kier alpha value is -3.35. The molecule has 2 aromatic carbocycles. The van der Waals surface area contributed by atoms with Gasteiger partial charge in [-0.2, -0.15) is 0 Å². The minimum Gasteiger partial charge on any atom is -0.543 e. The van der Waals surface area contributed by atoms with Crippen molar-refractivity contribution >= 4 is 50.1 Å². The number of sulfonamides is 1. The molecule has 1 N–H and O–H groups in total. The predicted molar refractivity (Wildman–Crippen MR) is 133 cm³/mol. The van der Waals surface area contributed by atoms with Crippen LogP contribution in [0.25, 0.3) is 10.8 Å². The van der Waals surface area contributed by atoms with Crippen molar-refractivity contribution < 1.29 is 32.8 Å². The number of hydrogen-bond acceptors (Lipinski definition) is 7. The van der Waals surface area contributed by atoms with Crippen molar-refractivity contribution in [1.82, 2.24) is 9.47 Å². The van der Waals surface area contributed by atoms with Crippen LogP contribution in [0.3, 0.4) is 0 Å². The van der Waals surface area contributed by atoms with Gasteiger partial charge in [0, 0.05) is 16.7 Å². The number of aryl methyl sites for hydroxylation is 3. The summed E-state index contributed by atoms with van der Waals surface area (Å²) < 4.78 is 32.5. The van der Waals surface area contributed by atoms with Gasteiger partial charge in [0.25, 0.3) is 10.0 Å². The molecule has 12 heteroatoms. The number of thioether (sulfide) groups is 1. The van der Waals surface area contributed by atoms with Gasteiger partial charge in [0.05, 0.1) is 54.4 Å². The number of aliphatic carboxylic acids is 1. The number of nitrogens with zero attached hydrogens (tertiary/aromatic N) is 4. The molecule has 3 aliphatic rings. The number of aliphatic hydroxyl groups is 1. The molecule has 6 rings (SSSR count). The molecule has 0 spiro atoms. The summed E-state index contributed by atoms with van der Waals surface area (Å²) in [6.45, 7) is 1.96. The number of benzene rings is 2. The first kappa shape index (κ1) is 24.0. The molecule has 10 nitrogen and oxygen atoms in total. The molecule has 3 aromatic rings. The van der Waals surface area contributed by atoms with Crippen molar-refractivity contribution in [2.24, 2.45) is 13.0 Å². The van der Waals surface area contributed by atoms with Crippen molar-refractivity contribution in [3.8, 4) is 0 Å². The first-order valence-electron chi connectivity index (χ1n) is 11.8. The highest BCUT2D eigenvalue weighted by Crippen LogP contribution is 2.52. The Balaban J connectivity index is 1.37. The molecule has 192 valence electrons. The monoisotopic (exact) mass is 540 g/mol. The molecular formula is C25H24N4O6S2. The number of carbonyl (C=O) groups excluding carboxylic acids is 2. The van der Waals surface area contributed by atoms with E-state index in [1.807, 2.05) is 42.5 Å². The summed E-state index contributed by atoms with van der Waals surface area (Å²) in [7, 11) is -2.02. The average Bonchev–Trinajstić information content (AvgIpc) is 3.46. The van der Waals surface area contributed by atoms with Gasteiger partial charge < -0.3 is 15.0 Å². The highest BCUT2D eigenvalue weighted by atomic mass is 32.2. The normalized spacial score (nSPS) is 22.5. The smallest absolute Gasteiger partial charge is 0.265 e. The van der Waals surface area contributed by atoms with Crippen LogP contribution in [-0.4, -0.2) is 52.9 Å². The summed E-state index contributed by atoms with van der Waals surface area (Å²) in [5.74, 6) is -2.80. The topological polar surface area (TPSA) is 127 Å². The van der Waals surface area contributed by atoms with E-state index in [4.69, 9.17) is 0 Å². The molecule has 4 heterocycles. The Kier molecular flexibility index (Phi) is 5.41. The van der Waals surface area contributed by atoms with Crippen LogP contribution >= 0.6 is 11.8 Å². The van der Waals surface area contributed by atoms with Gasteiger partial charge in [-0.3, -0.25) is 14.0 Å². The van der Waals surface area contributed by atoms with Crippen molar-refractivity contribution in [2.45, 2.75) is 36.3 Å². The lowest BCUT2D eigenvalue weighted by atomic mass is 9.92. The van der Waals surface area contributed by atoms with Gasteiger partial charge >= 0.3 is 0 Å². The zero-order chi connectivity index (χ0) is 26.2. The lowest BCUT2D eigenvalue weighted by molar-refractivity contribution is -0.671. The van der Waals surface area contributed by atoms with Crippen molar-refractivity contribution in [3.05, 3.63) is 65.2 Å². The molecule has 2 unspecified atom stereocenters. The van der Waals surface area contributed by atoms with E-state index < -0.39 is 39.3 Å². The molecule has 0 aliphatic carbocycles. The second-order valence-corrected chi connectivity index (χ2v) is 12.6. The number of carboxylic acids is 1. The van der Waals surface area contributed by atoms with Crippen LogP contribution in [0, 0.1) is 5.92 Å². The van der Waals surface area contributed by atoms with Gasteiger partial charge in [-0.1, -0.05) is 30.0 Å². The van der Waals surface area contributed by atoms with E-state index in [1.54, 1.807) is 18.2 Å². The molecule has 3 aliphatic heterocycles. The summed E-state index contributed by atoms with van der Waals surface area (Å²) in [6, 6.07) is 8.86. The molecule has 0 saturated carbocycles. The molecule has 1 saturated heterocycles. The quantitative estimate of drug-likeness (QED) is 0.332. The lowest BCUT2D eigenvalue weighted by Gasteiger charge is -2.44. The number of aliphatic hydroxyl groups excluding tert-OH is 1. The molecule has 0 radical (unpaired) electrons. The molecule has 37 heavy (non-hydrogen) atoms. The maximum absolute atomic E-state index is 13.6. The lowest BCUT2D eigenvalue weighted by Crippen LogP contribution is -2.61. The molecule has 1 amide bonds. The molecule has 1 fully saturated rings. The van der Waals surface area contributed by atoms with Crippen molar-refractivity contribution in [1.29, 1.82) is 0 Å². The van der Waals surface area contributed by atoms with Gasteiger partial charge in [0.2, 0.25) is 12.2 Å². The molecule has 3 atom stereocenters. The third-order valence-corrected chi connectivity index (χ3v) is 10.4. The van der Waals surface area contributed by atoms with Gasteiger partial charge in [-0.25, -0.2) is 17.6 Å². The van der Waals surface area contributed by atoms with Crippen LogP contribution in [0.4, 0.5) is 5.69 Å². The first-order chi connectivity index (χ1) is 17.6. The van der Waals surface area contributed by atoms with E-state index >= 15 is 0 Å². The number of carbonyl (C=O) groups is 2. The summed E-state index contributed by atoms with van der Waals surface area (Å²) in [4.78, 5) is 26.0. The zero-order valence-corrected chi connectivity index (χ0v) is 21.7. The first-order valence-corrected chi connectivity index (χ1v) is 14.1. The maximum atomic E-state index is 13.6. The maximum Gasteiger partial charge on any atom is 0.265 e. The second kappa shape index (κ2) is 8.33. The van der Waals surface area contributed by atoms with Gasteiger partial charge in [-0.05, 0) is 30.0 Å². The number of imidazole rings is 1. The number of aromatic nitrogens is 2. The highest BCUT2D eigenvalue weighted by molar-refractivity contribution is 8.04. The van der Waals surface area contributed by atoms with E-state index in [0.717, 1.165) is 34.2 Å². The summed E-state index contributed by atoms with van der Waals surface area (Å²) >= 11 is 1.10. The second-order valence-electron chi connectivity index (χ2n) is 9.54. The SMILES string of the molecule is C[C@H](O)C1C(=O)N2C(C(=O)[O-])=C(CN3c4cccc5c(CCn6cc[n+](C)c6)ccc(c45)S3(=O)=O)SC12. The third-order valence-electron chi connectivity index (χ3n) is 7.22. The molecule has 0 bridgehead atoms. The van der Waals surface area contributed by atoms with E-state index in [0.29, 0.717) is 17.5 Å². The Bertz CT molecular complexity index is 1630. The largest absolute Gasteiger partial charge is 0.543 e. The Labute approximate surface area is 217 Å². The van der Waals surface area contributed by atoms with Crippen LogP contribution in [-0.2, 0) is 39.6 Å². The third kappa shape index (κ3) is 3.50. The number of fused-ring (bicyclic) bond motifs is 1. The minimum absolute atomic E-state index is 0.175. The highest BCUT2D eigenvalue weighted by Gasteiger charge is 2.56. The van der Waals surface area contributed by atoms with Crippen LogP contribution in [0.15, 0.2) is 64.6 Å². The fraction of sp³-hybridized carbons (Fsp3) is 0.320. The Morgan fingerprint density at radius 2 is 2.05 bits per heavy atom. The number of carboxylic acid groups (broad SMARTS) is 1. The summed E-state index contributed by atoms with van der Waals surface area (Å²) in [5.41, 5.74) is 1.16. The minimum atomic E-state index is -3.96. The van der Waals surface area contributed by atoms with Crippen LogP contribution in [0.2, 0.25) is 0 Å². The standard InChI is InChI=1S/C25H24N4O6S2/c1-14(30)20-23(31)29-22(25(32)33)18(36-24(20)29)12-28-17-5-3-4-16-15(8-9-27-11-10-26(2)13-27)6-7-19(21(16)17)37(28,34)35/h3-7,10-11,13-14,20,24,30H,8-9,12H2,1-2H3/t14-,20?,24?/m0/s1. The van der Waals surface area contributed by atoms with Gasteiger partial charge in [-0.15, -0.1) is 0 Å².